The Labute approximate surface area is 213 Å². The van der Waals surface area contributed by atoms with Gasteiger partial charge in [0.15, 0.2) is 0 Å². The smallest absolute Gasteiger partial charge is 0.255 e. The van der Waals surface area contributed by atoms with Crippen LogP contribution in [0.5, 0.6) is 0 Å². The first-order chi connectivity index (χ1) is 17.5. The highest BCUT2D eigenvalue weighted by atomic mass is 16.1. The van der Waals surface area contributed by atoms with E-state index in [1.807, 2.05) is 66.9 Å². The maximum absolute atomic E-state index is 13.5. The number of nitrogens with one attached hydrogen (secondary N) is 1. The summed E-state index contributed by atoms with van der Waals surface area (Å²) in [4.78, 5) is 18.4. The van der Waals surface area contributed by atoms with Crippen LogP contribution in [-0.2, 0) is 0 Å². The van der Waals surface area contributed by atoms with Crippen molar-refractivity contribution in [1.29, 1.82) is 0 Å². The molecule has 1 aliphatic rings. The average Bonchev–Trinajstić information content (AvgIpc) is 3.39. The zero-order chi connectivity index (χ0) is 25.0. The number of para-hydroxylation sites is 2. The number of hydrogen-bond donors (Lipinski definition) is 1. The summed E-state index contributed by atoms with van der Waals surface area (Å²) in [7, 11) is 0. The molecule has 4 aromatic rings. The minimum absolute atomic E-state index is 0.105. The number of benzene rings is 3. The van der Waals surface area contributed by atoms with Gasteiger partial charge >= 0.3 is 0 Å². The molecule has 3 aromatic carbocycles. The Kier molecular flexibility index (Phi) is 6.87. The molecule has 1 fully saturated rings. The van der Waals surface area contributed by atoms with Crippen LogP contribution in [0.15, 0.2) is 97.2 Å². The fourth-order valence-corrected chi connectivity index (χ4v) is 4.77. The van der Waals surface area contributed by atoms with Gasteiger partial charge in [0, 0.05) is 55.7 Å². The Bertz CT molecular complexity index is 1280. The number of anilines is 1. The lowest BCUT2D eigenvalue weighted by atomic mass is 10.0. The van der Waals surface area contributed by atoms with Crippen molar-refractivity contribution in [2.24, 2.45) is 0 Å². The third-order valence-electron chi connectivity index (χ3n) is 6.97. The molecule has 0 radical (unpaired) electrons. The predicted octanol–water partition coefficient (Wildman–Crippen LogP) is 4.87. The van der Waals surface area contributed by atoms with Crippen molar-refractivity contribution < 1.29 is 4.79 Å². The van der Waals surface area contributed by atoms with Crippen LogP contribution in [0.4, 0.5) is 5.69 Å². The SMILES string of the molecule is CC(C)(CNC(=O)c1cn(-c2ccccc2)nc1-c1ccccc1)N1CCN(c2ccccc2)CC1. The fraction of sp³-hybridized carbons (Fsp3) is 0.267. The normalized spacial score (nSPS) is 14.6. The van der Waals surface area contributed by atoms with Crippen molar-refractivity contribution in [2.75, 3.05) is 37.6 Å². The number of carbonyl (C=O) groups excluding carboxylic acids is 1. The van der Waals surface area contributed by atoms with Gasteiger partial charge in [-0.3, -0.25) is 9.69 Å². The molecule has 184 valence electrons. The summed E-state index contributed by atoms with van der Waals surface area (Å²) >= 11 is 0. The van der Waals surface area contributed by atoms with Gasteiger partial charge in [-0.2, -0.15) is 5.10 Å². The molecule has 0 saturated carbocycles. The van der Waals surface area contributed by atoms with Crippen LogP contribution in [0.1, 0.15) is 24.2 Å². The Balaban J connectivity index is 1.29. The molecule has 0 bridgehead atoms. The summed E-state index contributed by atoms with van der Waals surface area (Å²) in [5.41, 5.74) is 4.22. The summed E-state index contributed by atoms with van der Waals surface area (Å²) in [6.07, 6.45) is 1.83. The molecule has 1 amide bonds. The van der Waals surface area contributed by atoms with Crippen LogP contribution in [0.2, 0.25) is 0 Å². The molecule has 6 heteroatoms. The van der Waals surface area contributed by atoms with Gasteiger partial charge in [0.05, 0.1) is 11.3 Å². The third kappa shape index (κ3) is 5.19. The number of hydrogen-bond acceptors (Lipinski definition) is 4. The van der Waals surface area contributed by atoms with Gasteiger partial charge < -0.3 is 10.2 Å². The number of piperazine rings is 1. The lowest BCUT2D eigenvalue weighted by Gasteiger charge is -2.44. The van der Waals surface area contributed by atoms with Crippen molar-refractivity contribution in [2.45, 2.75) is 19.4 Å². The van der Waals surface area contributed by atoms with Crippen molar-refractivity contribution >= 4 is 11.6 Å². The average molecular weight is 480 g/mol. The standard InChI is InChI=1S/C30H33N5O/c1-30(2,34-20-18-33(19-21-34)25-14-8-4-9-15-25)23-31-29(36)27-22-35(26-16-10-5-11-17-26)32-28(27)24-12-6-3-7-13-24/h3-17,22H,18-21,23H2,1-2H3,(H,31,36). The molecule has 0 atom stereocenters. The van der Waals surface area contributed by atoms with Crippen molar-refractivity contribution in [3.8, 4) is 16.9 Å². The number of amides is 1. The second kappa shape index (κ2) is 10.4. The Morgan fingerprint density at radius 3 is 1.97 bits per heavy atom. The molecular weight excluding hydrogens is 446 g/mol. The molecule has 0 unspecified atom stereocenters. The Morgan fingerprint density at radius 1 is 0.806 bits per heavy atom. The van der Waals surface area contributed by atoms with Crippen LogP contribution in [0.25, 0.3) is 16.9 Å². The highest BCUT2D eigenvalue weighted by Crippen LogP contribution is 2.25. The fourth-order valence-electron chi connectivity index (χ4n) is 4.77. The van der Waals surface area contributed by atoms with Crippen molar-refractivity contribution in [1.82, 2.24) is 20.0 Å². The van der Waals surface area contributed by atoms with E-state index in [1.165, 1.54) is 5.69 Å². The van der Waals surface area contributed by atoms with E-state index in [-0.39, 0.29) is 11.4 Å². The van der Waals surface area contributed by atoms with Crippen LogP contribution in [0.3, 0.4) is 0 Å². The van der Waals surface area contributed by atoms with Gasteiger partial charge in [0.1, 0.15) is 5.69 Å². The molecular formula is C30H33N5O. The maximum atomic E-state index is 13.5. The molecule has 1 N–H and O–H groups in total. The molecule has 1 aliphatic heterocycles. The molecule has 36 heavy (non-hydrogen) atoms. The number of carbonyl (C=O) groups is 1. The Hall–Kier alpha value is -3.90. The molecule has 5 rings (SSSR count). The van der Waals surface area contributed by atoms with Gasteiger partial charge in [0.25, 0.3) is 5.91 Å². The summed E-state index contributed by atoms with van der Waals surface area (Å²) < 4.78 is 1.78. The Morgan fingerprint density at radius 2 is 1.36 bits per heavy atom. The van der Waals surface area contributed by atoms with Crippen molar-refractivity contribution in [3.63, 3.8) is 0 Å². The first-order valence-electron chi connectivity index (χ1n) is 12.5. The highest BCUT2D eigenvalue weighted by Gasteiger charge is 2.31. The molecule has 1 aromatic heterocycles. The summed E-state index contributed by atoms with van der Waals surface area (Å²) in [5.74, 6) is -0.105. The van der Waals surface area contributed by atoms with Gasteiger partial charge in [-0.05, 0) is 38.1 Å². The zero-order valence-corrected chi connectivity index (χ0v) is 21.0. The summed E-state index contributed by atoms with van der Waals surface area (Å²) in [6, 6.07) is 30.3. The number of rotatable bonds is 7. The van der Waals surface area contributed by atoms with Gasteiger partial charge in [-0.1, -0.05) is 66.7 Å². The van der Waals surface area contributed by atoms with E-state index in [0.717, 1.165) is 37.4 Å². The molecule has 2 heterocycles. The molecule has 0 spiro atoms. The lowest BCUT2D eigenvalue weighted by Crippen LogP contribution is -2.58. The molecule has 0 aliphatic carbocycles. The maximum Gasteiger partial charge on any atom is 0.255 e. The first kappa shape index (κ1) is 23.8. The van der Waals surface area contributed by atoms with Gasteiger partial charge in [0.2, 0.25) is 0 Å². The number of aromatic nitrogens is 2. The van der Waals surface area contributed by atoms with Gasteiger partial charge in [-0.25, -0.2) is 4.68 Å². The predicted molar refractivity (Wildman–Crippen MR) is 146 cm³/mol. The van der Waals surface area contributed by atoms with Crippen LogP contribution < -0.4 is 10.2 Å². The summed E-state index contributed by atoms with van der Waals surface area (Å²) in [6.45, 7) is 8.83. The van der Waals surface area contributed by atoms with E-state index >= 15 is 0 Å². The van der Waals surface area contributed by atoms with E-state index < -0.39 is 0 Å². The third-order valence-corrected chi connectivity index (χ3v) is 6.97. The second-order valence-corrected chi connectivity index (χ2v) is 9.84. The summed E-state index contributed by atoms with van der Waals surface area (Å²) in [5, 5.41) is 7.99. The quantitative estimate of drug-likeness (QED) is 0.411. The van der Waals surface area contributed by atoms with E-state index in [1.54, 1.807) is 4.68 Å². The monoisotopic (exact) mass is 479 g/mol. The highest BCUT2D eigenvalue weighted by molar-refractivity contribution is 6.00. The van der Waals surface area contributed by atoms with E-state index in [2.05, 4.69) is 59.3 Å². The molecule has 1 saturated heterocycles. The van der Waals surface area contributed by atoms with Crippen LogP contribution in [0, 0.1) is 0 Å². The van der Waals surface area contributed by atoms with E-state index in [0.29, 0.717) is 17.8 Å². The lowest BCUT2D eigenvalue weighted by molar-refractivity contribution is 0.0850. The van der Waals surface area contributed by atoms with E-state index in [4.69, 9.17) is 5.10 Å². The number of nitrogens with zero attached hydrogens (tertiary/aromatic N) is 4. The second-order valence-electron chi connectivity index (χ2n) is 9.84. The minimum atomic E-state index is -0.166. The van der Waals surface area contributed by atoms with Gasteiger partial charge in [-0.15, -0.1) is 0 Å². The largest absolute Gasteiger partial charge is 0.369 e. The molecule has 6 nitrogen and oxygen atoms in total. The van der Waals surface area contributed by atoms with E-state index in [9.17, 15) is 4.79 Å². The topological polar surface area (TPSA) is 53.4 Å². The first-order valence-corrected chi connectivity index (χ1v) is 12.5. The zero-order valence-electron chi connectivity index (χ0n) is 21.0. The van der Waals surface area contributed by atoms with Crippen LogP contribution in [-0.4, -0.2) is 58.9 Å². The van der Waals surface area contributed by atoms with Crippen LogP contribution >= 0.6 is 0 Å². The van der Waals surface area contributed by atoms with Crippen molar-refractivity contribution in [3.05, 3.63) is 103 Å². The minimum Gasteiger partial charge on any atom is -0.369 e.